The topological polar surface area (TPSA) is 193 Å². The number of phenols is 1. The SMILES string of the molecule is CC1=C/C(=C(\c2cc(C)c(O)c(CNCC(=O)O)c2)c2ccccc2S(=O)(=O)[O-])C=C(CNCC(=O)O)C1=O. The highest BCUT2D eigenvalue weighted by Crippen LogP contribution is 2.37. The summed E-state index contributed by atoms with van der Waals surface area (Å²) in [5.74, 6) is -2.63. The number of Topliss-reactive ketones (excluding diaryl/α,β-unsaturated/α-hetero) is 1. The van der Waals surface area contributed by atoms with Gasteiger partial charge in [0.2, 0.25) is 0 Å². The number of aliphatic carboxylic acids is 2. The molecule has 11 nitrogen and oxygen atoms in total. The molecule has 0 spiro atoms. The Balaban J connectivity index is 2.32. The summed E-state index contributed by atoms with van der Waals surface area (Å²) in [6, 6.07) is 8.71. The molecule has 0 aromatic heterocycles. The molecule has 3 rings (SSSR count). The van der Waals surface area contributed by atoms with Gasteiger partial charge in [-0.1, -0.05) is 18.2 Å². The molecule has 0 atom stereocenters. The Kier molecular flexibility index (Phi) is 9.20. The maximum absolute atomic E-state index is 12.8. The molecule has 2 aromatic rings. The zero-order chi connectivity index (χ0) is 28.9. The van der Waals surface area contributed by atoms with Crippen molar-refractivity contribution in [1.29, 1.82) is 0 Å². The van der Waals surface area contributed by atoms with Crippen molar-refractivity contribution in [3.8, 4) is 5.75 Å². The van der Waals surface area contributed by atoms with E-state index < -0.39 is 27.0 Å². The van der Waals surface area contributed by atoms with Crippen LogP contribution in [0.1, 0.15) is 29.2 Å². The Bertz CT molecular complexity index is 1540. The molecule has 5 N–H and O–H groups in total. The van der Waals surface area contributed by atoms with E-state index in [0.29, 0.717) is 27.8 Å². The normalized spacial score (nSPS) is 15.0. The van der Waals surface area contributed by atoms with Gasteiger partial charge in [0.1, 0.15) is 15.9 Å². The molecule has 0 aliphatic heterocycles. The van der Waals surface area contributed by atoms with E-state index >= 15 is 0 Å². The van der Waals surface area contributed by atoms with Crippen molar-refractivity contribution in [2.24, 2.45) is 0 Å². The fraction of sp³-hybridized carbons (Fsp3) is 0.222. The van der Waals surface area contributed by atoms with Crippen LogP contribution in [-0.2, 0) is 31.0 Å². The van der Waals surface area contributed by atoms with Gasteiger partial charge < -0.3 is 30.5 Å². The molecule has 39 heavy (non-hydrogen) atoms. The second kappa shape index (κ2) is 12.2. The summed E-state index contributed by atoms with van der Waals surface area (Å²) in [4.78, 5) is 34.2. The molecule has 0 saturated carbocycles. The third-order valence-corrected chi connectivity index (χ3v) is 6.81. The number of nitrogens with one attached hydrogen (secondary N) is 2. The molecule has 0 radical (unpaired) electrons. The average molecular weight is 556 g/mol. The van der Waals surface area contributed by atoms with E-state index in [1.54, 1.807) is 32.0 Å². The van der Waals surface area contributed by atoms with Crippen LogP contribution in [0.2, 0.25) is 0 Å². The van der Waals surface area contributed by atoms with Gasteiger partial charge in [0.15, 0.2) is 5.78 Å². The lowest BCUT2D eigenvalue weighted by Crippen LogP contribution is -2.28. The molecule has 1 aliphatic carbocycles. The van der Waals surface area contributed by atoms with Gasteiger partial charge in [0, 0.05) is 29.8 Å². The number of hydrogen-bond donors (Lipinski definition) is 5. The Morgan fingerprint density at radius 1 is 0.949 bits per heavy atom. The minimum absolute atomic E-state index is 0.0233. The number of benzene rings is 2. The molecule has 0 fully saturated rings. The second-order valence-electron chi connectivity index (χ2n) is 8.90. The zero-order valence-corrected chi connectivity index (χ0v) is 22.0. The van der Waals surface area contributed by atoms with Gasteiger partial charge in [0.25, 0.3) is 0 Å². The molecular formula is C27H27N2O9S-. The number of aromatic hydroxyl groups is 1. The van der Waals surface area contributed by atoms with Crippen LogP contribution < -0.4 is 10.6 Å². The molecular weight excluding hydrogens is 528 g/mol. The Labute approximate surface area is 224 Å². The average Bonchev–Trinajstić information content (AvgIpc) is 2.84. The van der Waals surface area contributed by atoms with E-state index in [-0.39, 0.29) is 54.4 Å². The second-order valence-corrected chi connectivity index (χ2v) is 10.3. The van der Waals surface area contributed by atoms with E-state index in [1.165, 1.54) is 30.4 Å². The predicted molar refractivity (Wildman–Crippen MR) is 140 cm³/mol. The number of allylic oxidation sites excluding steroid dienone is 4. The minimum Gasteiger partial charge on any atom is -0.744 e. The number of carbonyl (C=O) groups is 3. The molecule has 0 amide bonds. The lowest BCUT2D eigenvalue weighted by molar-refractivity contribution is -0.137. The summed E-state index contributed by atoms with van der Waals surface area (Å²) in [6.45, 7) is 2.32. The van der Waals surface area contributed by atoms with Crippen molar-refractivity contribution in [1.82, 2.24) is 10.6 Å². The summed E-state index contributed by atoms with van der Waals surface area (Å²) in [5.41, 5.74) is 2.37. The van der Waals surface area contributed by atoms with Crippen molar-refractivity contribution in [3.63, 3.8) is 0 Å². The summed E-state index contributed by atoms with van der Waals surface area (Å²) in [6.07, 6.45) is 3.04. The van der Waals surface area contributed by atoms with Crippen molar-refractivity contribution in [2.75, 3.05) is 19.6 Å². The van der Waals surface area contributed by atoms with Crippen molar-refractivity contribution < 1.29 is 42.7 Å². The van der Waals surface area contributed by atoms with E-state index in [0.717, 1.165) is 0 Å². The van der Waals surface area contributed by atoms with Crippen LogP contribution in [0.25, 0.3) is 5.57 Å². The molecule has 0 heterocycles. The quantitative estimate of drug-likeness (QED) is 0.253. The first-order valence-electron chi connectivity index (χ1n) is 11.7. The van der Waals surface area contributed by atoms with Crippen molar-refractivity contribution in [2.45, 2.75) is 25.3 Å². The Hall–Kier alpha value is -4.10. The molecule has 2 aromatic carbocycles. The number of carbonyl (C=O) groups excluding carboxylic acids is 1. The first kappa shape index (κ1) is 29.5. The van der Waals surface area contributed by atoms with E-state index in [9.17, 15) is 32.5 Å². The number of aryl methyl sites for hydroxylation is 1. The predicted octanol–water partition coefficient (Wildman–Crippen LogP) is 1.71. The fourth-order valence-corrected chi connectivity index (χ4v) is 4.92. The monoisotopic (exact) mass is 555 g/mol. The summed E-state index contributed by atoms with van der Waals surface area (Å²) in [7, 11) is -4.94. The van der Waals surface area contributed by atoms with Gasteiger partial charge >= 0.3 is 11.9 Å². The highest BCUT2D eigenvalue weighted by atomic mass is 32.2. The van der Waals surface area contributed by atoms with E-state index in [4.69, 9.17) is 10.2 Å². The molecule has 206 valence electrons. The highest BCUT2D eigenvalue weighted by Gasteiger charge is 2.23. The van der Waals surface area contributed by atoms with Crippen LogP contribution in [0.4, 0.5) is 0 Å². The van der Waals surface area contributed by atoms with Crippen LogP contribution >= 0.6 is 0 Å². The summed E-state index contributed by atoms with van der Waals surface area (Å²) < 4.78 is 36.7. The molecule has 0 unspecified atom stereocenters. The van der Waals surface area contributed by atoms with E-state index in [1.807, 2.05) is 0 Å². The van der Waals surface area contributed by atoms with Crippen molar-refractivity contribution in [3.05, 3.63) is 87.5 Å². The van der Waals surface area contributed by atoms with Gasteiger partial charge in [-0.05, 0) is 72.0 Å². The first-order valence-corrected chi connectivity index (χ1v) is 13.1. The van der Waals surface area contributed by atoms with Crippen LogP contribution in [0, 0.1) is 6.92 Å². The van der Waals surface area contributed by atoms with Gasteiger partial charge in [-0.15, -0.1) is 0 Å². The summed E-state index contributed by atoms with van der Waals surface area (Å²) in [5, 5.41) is 33.9. The third-order valence-electron chi connectivity index (χ3n) is 5.92. The maximum Gasteiger partial charge on any atom is 0.317 e. The molecule has 0 saturated heterocycles. The van der Waals surface area contributed by atoms with Crippen molar-refractivity contribution >= 4 is 33.4 Å². The number of carboxylic acid groups (broad SMARTS) is 2. The van der Waals surface area contributed by atoms with Gasteiger partial charge in [-0.2, -0.15) is 0 Å². The Morgan fingerprint density at radius 3 is 2.18 bits per heavy atom. The number of ketones is 1. The molecule has 1 aliphatic rings. The smallest absolute Gasteiger partial charge is 0.317 e. The van der Waals surface area contributed by atoms with Crippen LogP contribution in [0.3, 0.4) is 0 Å². The first-order chi connectivity index (χ1) is 18.3. The van der Waals surface area contributed by atoms with Gasteiger partial charge in [0.05, 0.1) is 18.0 Å². The summed E-state index contributed by atoms with van der Waals surface area (Å²) >= 11 is 0. The third kappa shape index (κ3) is 7.27. The number of carboxylic acids is 2. The number of rotatable bonds is 11. The Morgan fingerprint density at radius 2 is 1.56 bits per heavy atom. The standard InChI is InChI=1S/C27H28N2O9S/c1-15-7-17(9-19(26(15)34)11-28-13-23(30)31)25(21-5-3-4-6-22(21)39(36,37)38)18-8-16(2)27(35)20(10-18)12-29-14-24(32)33/h3-10,28-29,34H,11-14H2,1-2H3,(H,30,31)(H,32,33)(H,36,37,38)/p-1/b25-18-. The lowest BCUT2D eigenvalue weighted by atomic mass is 9.85. The maximum atomic E-state index is 12.8. The van der Waals surface area contributed by atoms with E-state index in [2.05, 4.69) is 10.6 Å². The number of phenolic OH excluding ortho intramolecular Hbond substituents is 1. The minimum atomic E-state index is -4.94. The zero-order valence-electron chi connectivity index (χ0n) is 21.1. The number of hydrogen-bond acceptors (Lipinski definition) is 9. The molecule has 0 bridgehead atoms. The largest absolute Gasteiger partial charge is 0.744 e. The lowest BCUT2D eigenvalue weighted by Gasteiger charge is -2.22. The highest BCUT2D eigenvalue weighted by molar-refractivity contribution is 7.85. The van der Waals surface area contributed by atoms with Crippen LogP contribution in [-0.4, -0.2) is 65.6 Å². The van der Waals surface area contributed by atoms with Gasteiger partial charge in [-0.25, -0.2) is 8.42 Å². The van der Waals surface area contributed by atoms with Gasteiger partial charge in [-0.3, -0.25) is 14.4 Å². The fourth-order valence-electron chi connectivity index (χ4n) is 4.23. The van der Waals surface area contributed by atoms with Crippen LogP contribution in [0.15, 0.2) is 70.2 Å². The van der Waals surface area contributed by atoms with Crippen LogP contribution in [0.5, 0.6) is 5.75 Å². The molecule has 12 heteroatoms.